The first-order chi connectivity index (χ1) is 6.86. The van der Waals surface area contributed by atoms with Gasteiger partial charge < -0.3 is 0 Å². The van der Waals surface area contributed by atoms with E-state index in [2.05, 4.69) is 10.2 Å². The predicted molar refractivity (Wildman–Crippen MR) is 54.6 cm³/mol. The predicted octanol–water partition coefficient (Wildman–Crippen LogP) is 2.65. The van der Waals surface area contributed by atoms with Crippen LogP contribution in [-0.2, 0) is 0 Å². The minimum atomic E-state index is 0.560. The number of pyridine rings is 1. The Morgan fingerprint density at radius 2 is 2.14 bits per heavy atom. The topological polar surface area (TPSA) is 30.2 Å². The highest BCUT2D eigenvalue weighted by Gasteiger charge is 2.25. The lowest BCUT2D eigenvalue weighted by molar-refractivity contribution is 0.399. The first-order valence-corrected chi connectivity index (χ1v) is 5.23. The standard InChI is InChI=1S/C10H10ClN3/c11-8-5-2-6-9-12-13-10(14(8)9)7-3-1-4-7/h2,5-7H,1,3-4H2. The van der Waals surface area contributed by atoms with Crippen molar-refractivity contribution in [2.24, 2.45) is 0 Å². The summed E-state index contributed by atoms with van der Waals surface area (Å²) in [7, 11) is 0. The molecule has 1 aliphatic rings. The zero-order chi connectivity index (χ0) is 9.54. The van der Waals surface area contributed by atoms with Gasteiger partial charge >= 0.3 is 0 Å². The average molecular weight is 208 g/mol. The van der Waals surface area contributed by atoms with Gasteiger partial charge in [0.15, 0.2) is 5.65 Å². The van der Waals surface area contributed by atoms with Gasteiger partial charge in [0.25, 0.3) is 0 Å². The van der Waals surface area contributed by atoms with E-state index < -0.39 is 0 Å². The molecule has 72 valence electrons. The molecule has 0 aliphatic heterocycles. The lowest BCUT2D eigenvalue weighted by Crippen LogP contribution is -2.12. The van der Waals surface area contributed by atoms with Crippen LogP contribution in [0.25, 0.3) is 5.65 Å². The Morgan fingerprint density at radius 1 is 1.29 bits per heavy atom. The van der Waals surface area contributed by atoms with E-state index in [0.29, 0.717) is 11.1 Å². The van der Waals surface area contributed by atoms with Gasteiger partial charge in [0.05, 0.1) is 0 Å². The van der Waals surface area contributed by atoms with Gasteiger partial charge in [-0.3, -0.25) is 4.40 Å². The smallest absolute Gasteiger partial charge is 0.161 e. The summed E-state index contributed by atoms with van der Waals surface area (Å²) in [4.78, 5) is 0. The van der Waals surface area contributed by atoms with Gasteiger partial charge in [0.1, 0.15) is 11.0 Å². The number of nitrogens with zero attached hydrogens (tertiary/aromatic N) is 3. The molecule has 0 bridgehead atoms. The minimum absolute atomic E-state index is 0.560. The normalized spacial score (nSPS) is 17.2. The molecule has 0 N–H and O–H groups in total. The molecule has 2 heterocycles. The van der Waals surface area contributed by atoms with Gasteiger partial charge in [-0.1, -0.05) is 24.1 Å². The molecule has 3 rings (SSSR count). The molecule has 0 amide bonds. The van der Waals surface area contributed by atoms with Crippen molar-refractivity contribution < 1.29 is 0 Å². The fourth-order valence-corrected chi connectivity index (χ4v) is 2.10. The summed E-state index contributed by atoms with van der Waals surface area (Å²) in [6, 6.07) is 5.71. The van der Waals surface area contributed by atoms with Gasteiger partial charge in [0.2, 0.25) is 0 Å². The molecule has 2 aromatic heterocycles. The molecule has 0 unspecified atom stereocenters. The number of halogens is 1. The van der Waals surface area contributed by atoms with Crippen LogP contribution in [0, 0.1) is 0 Å². The van der Waals surface area contributed by atoms with Gasteiger partial charge in [-0.2, -0.15) is 0 Å². The molecule has 0 spiro atoms. The van der Waals surface area contributed by atoms with E-state index in [4.69, 9.17) is 11.6 Å². The molecule has 2 aromatic rings. The third-order valence-corrected chi connectivity index (χ3v) is 3.17. The molecule has 3 nitrogen and oxygen atoms in total. The summed E-state index contributed by atoms with van der Waals surface area (Å²) in [6.07, 6.45) is 3.72. The van der Waals surface area contributed by atoms with Gasteiger partial charge in [-0.05, 0) is 25.0 Å². The lowest BCUT2D eigenvalue weighted by Gasteiger charge is -2.23. The van der Waals surface area contributed by atoms with E-state index in [1.165, 1.54) is 19.3 Å². The Hall–Kier alpha value is -1.09. The van der Waals surface area contributed by atoms with Crippen molar-refractivity contribution in [1.29, 1.82) is 0 Å². The molecule has 0 atom stereocenters. The summed E-state index contributed by atoms with van der Waals surface area (Å²) < 4.78 is 1.95. The summed E-state index contributed by atoms with van der Waals surface area (Å²) >= 11 is 6.11. The van der Waals surface area contributed by atoms with Gasteiger partial charge in [-0.25, -0.2) is 0 Å². The first-order valence-electron chi connectivity index (χ1n) is 4.86. The van der Waals surface area contributed by atoms with E-state index in [0.717, 1.165) is 11.5 Å². The maximum atomic E-state index is 6.11. The quantitative estimate of drug-likeness (QED) is 0.673. The zero-order valence-corrected chi connectivity index (χ0v) is 8.41. The second-order valence-corrected chi connectivity index (χ2v) is 4.12. The number of rotatable bonds is 1. The maximum absolute atomic E-state index is 6.11. The third kappa shape index (κ3) is 1.05. The highest BCUT2D eigenvalue weighted by molar-refractivity contribution is 6.29. The molecule has 0 aromatic carbocycles. The van der Waals surface area contributed by atoms with Crippen LogP contribution < -0.4 is 0 Å². The van der Waals surface area contributed by atoms with E-state index in [1.54, 1.807) is 0 Å². The molecular weight excluding hydrogens is 198 g/mol. The Bertz CT molecular complexity index is 473. The van der Waals surface area contributed by atoms with Crippen LogP contribution in [-0.4, -0.2) is 14.6 Å². The number of aromatic nitrogens is 3. The first kappa shape index (κ1) is 8.24. The largest absolute Gasteiger partial charge is 0.269 e. The second-order valence-electron chi connectivity index (χ2n) is 3.73. The Kier molecular flexibility index (Phi) is 1.74. The van der Waals surface area contributed by atoms with Crippen molar-refractivity contribution >= 4 is 17.2 Å². The van der Waals surface area contributed by atoms with E-state index in [9.17, 15) is 0 Å². The molecule has 1 saturated carbocycles. The van der Waals surface area contributed by atoms with Crippen LogP contribution in [0.5, 0.6) is 0 Å². The third-order valence-electron chi connectivity index (χ3n) is 2.88. The molecule has 0 radical (unpaired) electrons. The number of hydrogen-bond donors (Lipinski definition) is 0. The average Bonchev–Trinajstić information content (AvgIpc) is 2.47. The van der Waals surface area contributed by atoms with Crippen LogP contribution in [0.3, 0.4) is 0 Å². The number of fused-ring (bicyclic) bond motifs is 1. The molecule has 1 fully saturated rings. The van der Waals surface area contributed by atoms with Crippen LogP contribution in [0.2, 0.25) is 5.15 Å². The SMILES string of the molecule is Clc1cccc2nnc(C3CCC3)n12. The van der Waals surface area contributed by atoms with Crippen molar-refractivity contribution in [3.8, 4) is 0 Å². The summed E-state index contributed by atoms with van der Waals surface area (Å²) in [5.41, 5.74) is 0.847. The second kappa shape index (κ2) is 2.95. The van der Waals surface area contributed by atoms with Crippen molar-refractivity contribution in [1.82, 2.24) is 14.6 Å². The molecule has 0 saturated heterocycles. The van der Waals surface area contributed by atoms with Gasteiger partial charge in [0, 0.05) is 5.92 Å². The maximum Gasteiger partial charge on any atom is 0.161 e. The number of hydrogen-bond acceptors (Lipinski definition) is 2. The van der Waals surface area contributed by atoms with E-state index in [-0.39, 0.29) is 0 Å². The Balaban J connectivity index is 2.23. The van der Waals surface area contributed by atoms with Crippen LogP contribution >= 0.6 is 11.6 Å². The molecule has 4 heteroatoms. The Labute approximate surface area is 86.7 Å². The van der Waals surface area contributed by atoms with Crippen LogP contribution in [0.4, 0.5) is 0 Å². The van der Waals surface area contributed by atoms with Crippen molar-refractivity contribution in [2.45, 2.75) is 25.2 Å². The minimum Gasteiger partial charge on any atom is -0.269 e. The monoisotopic (exact) mass is 207 g/mol. The summed E-state index contributed by atoms with van der Waals surface area (Å²) in [5.74, 6) is 1.58. The van der Waals surface area contributed by atoms with Gasteiger partial charge in [-0.15, -0.1) is 10.2 Å². The highest BCUT2D eigenvalue weighted by Crippen LogP contribution is 2.36. The lowest BCUT2D eigenvalue weighted by atomic mass is 9.85. The van der Waals surface area contributed by atoms with Crippen molar-refractivity contribution in [2.75, 3.05) is 0 Å². The fraction of sp³-hybridized carbons (Fsp3) is 0.400. The van der Waals surface area contributed by atoms with Crippen LogP contribution in [0.15, 0.2) is 18.2 Å². The van der Waals surface area contributed by atoms with E-state index in [1.807, 2.05) is 22.6 Å². The molecular formula is C10H10ClN3. The fourth-order valence-electron chi connectivity index (χ4n) is 1.85. The van der Waals surface area contributed by atoms with E-state index >= 15 is 0 Å². The highest BCUT2D eigenvalue weighted by atomic mass is 35.5. The Morgan fingerprint density at radius 3 is 2.86 bits per heavy atom. The summed E-state index contributed by atoms with van der Waals surface area (Å²) in [5, 5.41) is 9.02. The zero-order valence-electron chi connectivity index (χ0n) is 7.65. The summed E-state index contributed by atoms with van der Waals surface area (Å²) in [6.45, 7) is 0. The van der Waals surface area contributed by atoms with Crippen molar-refractivity contribution in [3.63, 3.8) is 0 Å². The van der Waals surface area contributed by atoms with Crippen LogP contribution in [0.1, 0.15) is 31.0 Å². The van der Waals surface area contributed by atoms with Crippen molar-refractivity contribution in [3.05, 3.63) is 29.2 Å². The molecule has 14 heavy (non-hydrogen) atoms. The molecule has 1 aliphatic carbocycles.